The van der Waals surface area contributed by atoms with Crippen LogP contribution in [0.1, 0.15) is 46.4 Å². The lowest BCUT2D eigenvalue weighted by atomic mass is 9.94. The van der Waals surface area contributed by atoms with Crippen LogP contribution in [0, 0.1) is 19.8 Å². The van der Waals surface area contributed by atoms with Gasteiger partial charge in [-0.25, -0.2) is 4.98 Å². The van der Waals surface area contributed by atoms with Crippen LogP contribution in [0.25, 0.3) is 10.6 Å². The van der Waals surface area contributed by atoms with Crippen molar-refractivity contribution < 1.29 is 19.4 Å². The Hall–Kier alpha value is -4.23. The zero-order chi connectivity index (χ0) is 27.7. The minimum Gasteiger partial charge on any atom is -0.503 e. The Labute approximate surface area is 232 Å². The van der Waals surface area contributed by atoms with Crippen molar-refractivity contribution in [3.63, 3.8) is 0 Å². The van der Waals surface area contributed by atoms with Crippen molar-refractivity contribution >= 4 is 28.7 Å². The summed E-state index contributed by atoms with van der Waals surface area (Å²) in [4.78, 5) is 34.2. The average Bonchev–Trinajstić information content (AvgIpc) is 3.45. The molecule has 7 heteroatoms. The molecule has 0 saturated carbocycles. The minimum absolute atomic E-state index is 0.0360. The highest BCUT2D eigenvalue weighted by atomic mass is 32.1. The second-order valence-electron chi connectivity index (χ2n) is 10.1. The van der Waals surface area contributed by atoms with Crippen LogP contribution >= 0.6 is 11.3 Å². The van der Waals surface area contributed by atoms with Gasteiger partial charge in [0.1, 0.15) is 10.8 Å². The van der Waals surface area contributed by atoms with Gasteiger partial charge < -0.3 is 9.84 Å². The molecule has 6 nitrogen and oxygen atoms in total. The van der Waals surface area contributed by atoms with Gasteiger partial charge in [-0.3, -0.25) is 14.5 Å². The van der Waals surface area contributed by atoms with E-state index >= 15 is 0 Å². The molecule has 0 spiro atoms. The van der Waals surface area contributed by atoms with Crippen LogP contribution in [0.15, 0.2) is 90.2 Å². The molecule has 0 aliphatic carbocycles. The van der Waals surface area contributed by atoms with Crippen molar-refractivity contribution in [2.45, 2.75) is 33.7 Å². The Balaban J connectivity index is 1.62. The van der Waals surface area contributed by atoms with Crippen molar-refractivity contribution in [1.82, 2.24) is 4.98 Å². The summed E-state index contributed by atoms with van der Waals surface area (Å²) >= 11 is 1.26. The number of hydrogen-bond donors (Lipinski definition) is 1. The van der Waals surface area contributed by atoms with E-state index in [1.54, 1.807) is 6.92 Å². The average molecular weight is 539 g/mol. The van der Waals surface area contributed by atoms with Crippen LogP contribution in [0.4, 0.5) is 5.69 Å². The largest absolute Gasteiger partial charge is 0.503 e. The van der Waals surface area contributed by atoms with E-state index in [1.807, 2.05) is 85.8 Å². The van der Waals surface area contributed by atoms with Gasteiger partial charge >= 0.3 is 0 Å². The Kier molecular flexibility index (Phi) is 7.35. The molecule has 0 radical (unpaired) electrons. The number of nitrogens with zero attached hydrogens (tertiary/aromatic N) is 2. The van der Waals surface area contributed by atoms with Gasteiger partial charge in [0, 0.05) is 11.3 Å². The molecule has 0 saturated heterocycles. The molecule has 3 aromatic carbocycles. The van der Waals surface area contributed by atoms with Gasteiger partial charge in [0.25, 0.3) is 5.91 Å². The molecule has 39 heavy (non-hydrogen) atoms. The lowest BCUT2D eigenvalue weighted by Crippen LogP contribution is -2.31. The first-order valence-electron chi connectivity index (χ1n) is 12.9. The van der Waals surface area contributed by atoms with Crippen LogP contribution in [0.3, 0.4) is 0 Å². The lowest BCUT2D eigenvalue weighted by Gasteiger charge is -2.27. The molecule has 1 aliphatic heterocycles. The van der Waals surface area contributed by atoms with Crippen LogP contribution in [0.5, 0.6) is 5.75 Å². The van der Waals surface area contributed by atoms with Crippen LogP contribution in [0.2, 0.25) is 0 Å². The highest BCUT2D eigenvalue weighted by molar-refractivity contribution is 7.17. The minimum atomic E-state index is -0.837. The predicted octanol–water partition coefficient (Wildman–Crippen LogP) is 7.24. The van der Waals surface area contributed by atoms with Gasteiger partial charge in [0.05, 0.1) is 28.8 Å². The maximum absolute atomic E-state index is 14.1. The number of aryl methyl sites for hydroxylation is 2. The number of Topliss-reactive ketones (excluding diaryl/α,β-unsaturated/α-hetero) is 1. The number of anilines is 1. The van der Waals surface area contributed by atoms with E-state index in [9.17, 15) is 14.7 Å². The highest BCUT2D eigenvalue weighted by Gasteiger charge is 2.45. The summed E-state index contributed by atoms with van der Waals surface area (Å²) in [5.41, 5.74) is 3.71. The molecule has 1 unspecified atom stereocenters. The van der Waals surface area contributed by atoms with E-state index in [0.717, 1.165) is 11.1 Å². The number of rotatable bonds is 8. The van der Waals surface area contributed by atoms with Gasteiger partial charge in [-0.05, 0) is 55.2 Å². The fourth-order valence-electron chi connectivity index (χ4n) is 4.67. The number of thiazole rings is 1. The SMILES string of the molecule is Cc1cccc(N2C(=O)C(O)=C(C(=O)c3sc(-c4ccccc4)nc3C)C2c2cccc(OCC(C)C)c2)c1. The number of benzene rings is 3. The van der Waals surface area contributed by atoms with E-state index in [2.05, 4.69) is 18.8 Å². The number of amides is 1. The first kappa shape index (κ1) is 26.4. The van der Waals surface area contributed by atoms with E-state index in [0.29, 0.717) is 45.1 Å². The molecular formula is C32H30N2O4S. The van der Waals surface area contributed by atoms with Crippen molar-refractivity contribution in [3.8, 4) is 16.3 Å². The number of aliphatic hydroxyl groups is 1. The molecule has 1 aromatic heterocycles. The van der Waals surface area contributed by atoms with Crippen molar-refractivity contribution in [2.24, 2.45) is 5.92 Å². The second kappa shape index (κ2) is 10.9. The number of ether oxygens (including phenoxy) is 1. The molecule has 2 heterocycles. The Morgan fingerprint density at radius 2 is 1.77 bits per heavy atom. The second-order valence-corrected chi connectivity index (χ2v) is 11.1. The molecule has 0 fully saturated rings. The van der Waals surface area contributed by atoms with Gasteiger partial charge in [0.15, 0.2) is 5.76 Å². The number of aromatic nitrogens is 1. The summed E-state index contributed by atoms with van der Waals surface area (Å²) in [5.74, 6) is -0.607. The fourth-order valence-corrected chi connectivity index (χ4v) is 5.69. The normalized spacial score (nSPS) is 15.4. The molecule has 1 N–H and O–H groups in total. The van der Waals surface area contributed by atoms with Crippen LogP contribution < -0.4 is 9.64 Å². The summed E-state index contributed by atoms with van der Waals surface area (Å²) in [5, 5.41) is 11.9. The number of carbonyl (C=O) groups excluding carboxylic acids is 2. The molecule has 5 rings (SSSR count). The Bertz CT molecular complexity index is 1570. The smallest absolute Gasteiger partial charge is 0.294 e. The van der Waals surface area contributed by atoms with Gasteiger partial charge in [-0.2, -0.15) is 0 Å². The Morgan fingerprint density at radius 1 is 1.03 bits per heavy atom. The number of aliphatic hydroxyl groups excluding tert-OH is 1. The maximum Gasteiger partial charge on any atom is 0.294 e. The first-order valence-corrected chi connectivity index (χ1v) is 13.7. The van der Waals surface area contributed by atoms with Crippen molar-refractivity contribution in [3.05, 3.63) is 112 Å². The van der Waals surface area contributed by atoms with Crippen LogP contribution in [-0.2, 0) is 4.79 Å². The summed E-state index contributed by atoms with van der Waals surface area (Å²) in [7, 11) is 0. The molecule has 4 aromatic rings. The monoisotopic (exact) mass is 538 g/mol. The number of ketones is 1. The topological polar surface area (TPSA) is 79.7 Å². The van der Waals surface area contributed by atoms with Gasteiger partial charge in [-0.15, -0.1) is 11.3 Å². The van der Waals surface area contributed by atoms with Gasteiger partial charge in [-0.1, -0.05) is 68.4 Å². The summed E-state index contributed by atoms with van der Waals surface area (Å²) in [6.45, 7) is 8.38. The van der Waals surface area contributed by atoms with Gasteiger partial charge in [0.2, 0.25) is 5.78 Å². The third kappa shape index (κ3) is 5.22. The number of hydrogen-bond acceptors (Lipinski definition) is 6. The molecule has 1 atom stereocenters. The van der Waals surface area contributed by atoms with E-state index in [-0.39, 0.29) is 5.57 Å². The predicted molar refractivity (Wildman–Crippen MR) is 154 cm³/mol. The fraction of sp³-hybridized carbons (Fsp3) is 0.219. The molecule has 198 valence electrons. The first-order chi connectivity index (χ1) is 18.7. The molecule has 0 bridgehead atoms. The number of carbonyl (C=O) groups is 2. The highest BCUT2D eigenvalue weighted by Crippen LogP contribution is 2.44. The summed E-state index contributed by atoms with van der Waals surface area (Å²) < 4.78 is 5.96. The zero-order valence-electron chi connectivity index (χ0n) is 22.3. The van der Waals surface area contributed by atoms with E-state index < -0.39 is 23.5 Å². The third-order valence-corrected chi connectivity index (χ3v) is 7.72. The molecule has 1 amide bonds. The standard InChI is InChI=1S/C32H30N2O4S/c1-19(2)18-38-25-15-9-13-23(17-25)27-26(29(36)32(37)34(27)24-14-8-10-20(3)16-24)28(35)30-21(4)33-31(39-30)22-11-6-5-7-12-22/h5-17,19,27,36H,18H2,1-4H3. The zero-order valence-corrected chi connectivity index (χ0v) is 23.2. The van der Waals surface area contributed by atoms with Crippen LogP contribution in [-0.4, -0.2) is 28.4 Å². The van der Waals surface area contributed by atoms with Crippen molar-refractivity contribution in [2.75, 3.05) is 11.5 Å². The summed E-state index contributed by atoms with van der Waals surface area (Å²) in [6, 6.07) is 23.6. The quantitative estimate of drug-likeness (QED) is 0.239. The molecular weight excluding hydrogens is 508 g/mol. The molecule has 1 aliphatic rings. The van der Waals surface area contributed by atoms with E-state index in [4.69, 9.17) is 4.74 Å². The van der Waals surface area contributed by atoms with E-state index in [1.165, 1.54) is 16.2 Å². The lowest BCUT2D eigenvalue weighted by molar-refractivity contribution is -0.117. The maximum atomic E-state index is 14.1. The van der Waals surface area contributed by atoms with Crippen molar-refractivity contribution in [1.29, 1.82) is 0 Å². The summed E-state index contributed by atoms with van der Waals surface area (Å²) in [6.07, 6.45) is 0. The Morgan fingerprint density at radius 3 is 2.49 bits per heavy atom. The third-order valence-electron chi connectivity index (χ3n) is 6.51.